The Hall–Kier alpha value is 0.356. The molecule has 0 heterocycles. The Balaban J connectivity index is 0. The van der Waals surface area contributed by atoms with Crippen LogP contribution in [0.2, 0.25) is 0 Å². The molecule has 0 amide bonds. The number of hydrogen-bond donors (Lipinski definition) is 0. The fourth-order valence-electron chi connectivity index (χ4n) is 0.500. The molecule has 0 saturated heterocycles. The van der Waals surface area contributed by atoms with E-state index in [-0.39, 0.29) is 17.1 Å². The first-order valence-electron chi connectivity index (χ1n) is 2.53. The first-order chi connectivity index (χ1) is 4.24. The second-order valence-electron chi connectivity index (χ2n) is 1.42. The van der Waals surface area contributed by atoms with Gasteiger partial charge >= 0.3 is 8.80 Å². The van der Waals surface area contributed by atoms with Gasteiger partial charge in [-0.1, -0.05) is 6.58 Å². The van der Waals surface area contributed by atoms with Crippen molar-refractivity contribution < 1.29 is 30.3 Å². The van der Waals surface area contributed by atoms with E-state index in [1.807, 2.05) is 0 Å². The molecule has 0 fully saturated rings. The predicted molar refractivity (Wildman–Crippen MR) is 37.0 cm³/mol. The van der Waals surface area contributed by atoms with Gasteiger partial charge in [-0.05, 0) is 5.70 Å². The third-order valence-electron chi connectivity index (χ3n) is 1.10. The van der Waals surface area contributed by atoms with Gasteiger partial charge in [-0.3, -0.25) is 0 Å². The molecule has 65 valence electrons. The summed E-state index contributed by atoms with van der Waals surface area (Å²) in [6.45, 7) is 3.53. The Morgan fingerprint density at radius 3 is 1.40 bits per heavy atom. The summed E-state index contributed by atoms with van der Waals surface area (Å²) in [6, 6.07) is 0. The van der Waals surface area contributed by atoms with Crippen molar-refractivity contribution >= 4 is 8.80 Å². The van der Waals surface area contributed by atoms with Gasteiger partial charge < -0.3 is 13.3 Å². The molecule has 0 spiro atoms. The van der Waals surface area contributed by atoms with Crippen molar-refractivity contribution in [1.29, 1.82) is 0 Å². The molecule has 0 N–H and O–H groups in total. The van der Waals surface area contributed by atoms with Gasteiger partial charge in [0.15, 0.2) is 0 Å². The molecule has 3 nitrogen and oxygen atoms in total. The van der Waals surface area contributed by atoms with E-state index in [9.17, 15) is 0 Å². The Morgan fingerprint density at radius 2 is 1.40 bits per heavy atom. The molecule has 0 aliphatic carbocycles. The summed E-state index contributed by atoms with van der Waals surface area (Å²) in [4.78, 5) is 0. The summed E-state index contributed by atoms with van der Waals surface area (Å²) in [7, 11) is 2.20. The van der Waals surface area contributed by atoms with Crippen molar-refractivity contribution in [3.8, 4) is 0 Å². The number of rotatable bonds is 4. The SMILES string of the molecule is C=C[Si](OC)(OC)OC.[Cu]. The summed E-state index contributed by atoms with van der Waals surface area (Å²) in [5, 5.41) is 0. The van der Waals surface area contributed by atoms with Crippen LogP contribution in [-0.4, -0.2) is 30.1 Å². The molecule has 0 aliphatic rings. The largest absolute Gasteiger partial charge is 0.528 e. The average molecular weight is 212 g/mol. The van der Waals surface area contributed by atoms with Crippen molar-refractivity contribution in [3.63, 3.8) is 0 Å². The first-order valence-corrected chi connectivity index (χ1v) is 4.34. The molecule has 0 bridgehead atoms. The van der Waals surface area contributed by atoms with E-state index in [4.69, 9.17) is 13.3 Å². The molecule has 5 heteroatoms. The van der Waals surface area contributed by atoms with Gasteiger partial charge in [-0.15, -0.1) is 0 Å². The average Bonchev–Trinajstić information content (AvgIpc) is 1.95. The molecule has 0 aromatic carbocycles. The summed E-state index contributed by atoms with van der Waals surface area (Å²) < 4.78 is 14.9. The van der Waals surface area contributed by atoms with Crippen LogP contribution < -0.4 is 0 Å². The molecular formula is C5H12CuO3Si. The molecule has 0 aromatic rings. The van der Waals surface area contributed by atoms with Crippen LogP contribution in [0.5, 0.6) is 0 Å². The molecule has 0 unspecified atom stereocenters. The molecule has 0 atom stereocenters. The third-order valence-corrected chi connectivity index (χ3v) is 3.31. The van der Waals surface area contributed by atoms with E-state index in [1.165, 1.54) is 0 Å². The topological polar surface area (TPSA) is 27.7 Å². The van der Waals surface area contributed by atoms with E-state index in [1.54, 1.807) is 27.0 Å². The van der Waals surface area contributed by atoms with Gasteiger partial charge in [0.2, 0.25) is 0 Å². The molecule has 1 radical (unpaired) electrons. The zero-order chi connectivity index (χ0) is 7.33. The maximum absolute atomic E-state index is 4.96. The quantitative estimate of drug-likeness (QED) is 0.638. The van der Waals surface area contributed by atoms with Crippen LogP contribution in [0.1, 0.15) is 0 Å². The van der Waals surface area contributed by atoms with Gasteiger partial charge in [0.25, 0.3) is 0 Å². The summed E-state index contributed by atoms with van der Waals surface area (Å²) in [5.41, 5.74) is 1.58. The molecule has 0 saturated carbocycles. The smallest absolute Gasteiger partial charge is 0.374 e. The van der Waals surface area contributed by atoms with Crippen molar-refractivity contribution in [2.75, 3.05) is 21.3 Å². The van der Waals surface area contributed by atoms with E-state index >= 15 is 0 Å². The monoisotopic (exact) mass is 211 g/mol. The molecule has 0 aromatic heterocycles. The fraction of sp³-hybridized carbons (Fsp3) is 0.600. The molecular weight excluding hydrogens is 200 g/mol. The number of hydrogen-bond acceptors (Lipinski definition) is 3. The van der Waals surface area contributed by atoms with Gasteiger partial charge in [-0.25, -0.2) is 0 Å². The standard InChI is InChI=1S/C5H12O3Si.Cu/c1-5-9(6-2,7-3)8-4;/h5H,1H2,2-4H3;. The van der Waals surface area contributed by atoms with Crippen molar-refractivity contribution in [2.24, 2.45) is 0 Å². The summed E-state index contributed by atoms with van der Waals surface area (Å²) >= 11 is 0. The van der Waals surface area contributed by atoms with E-state index in [0.717, 1.165) is 0 Å². The van der Waals surface area contributed by atoms with Crippen molar-refractivity contribution in [2.45, 2.75) is 0 Å². The van der Waals surface area contributed by atoms with E-state index < -0.39 is 8.80 Å². The zero-order valence-corrected chi connectivity index (χ0v) is 8.25. The third kappa shape index (κ3) is 2.96. The van der Waals surface area contributed by atoms with Crippen LogP contribution in [-0.2, 0) is 30.3 Å². The summed E-state index contributed by atoms with van der Waals surface area (Å²) in [6.07, 6.45) is 0. The minimum absolute atomic E-state index is 0. The van der Waals surface area contributed by atoms with Gasteiger partial charge in [-0.2, -0.15) is 0 Å². The van der Waals surface area contributed by atoms with Crippen LogP contribution in [0, 0.1) is 0 Å². The van der Waals surface area contributed by atoms with Gasteiger partial charge in [0, 0.05) is 38.4 Å². The Morgan fingerprint density at radius 1 is 1.10 bits per heavy atom. The minimum atomic E-state index is -2.43. The van der Waals surface area contributed by atoms with Gasteiger partial charge in [0.1, 0.15) is 0 Å². The molecule has 0 aliphatic heterocycles. The first kappa shape index (κ1) is 13.0. The zero-order valence-electron chi connectivity index (χ0n) is 6.31. The van der Waals surface area contributed by atoms with Gasteiger partial charge in [0.05, 0.1) is 0 Å². The normalized spacial score (nSPS) is 10.3. The fourth-order valence-corrected chi connectivity index (χ4v) is 1.50. The molecule has 0 rings (SSSR count). The van der Waals surface area contributed by atoms with Crippen LogP contribution in [0.25, 0.3) is 0 Å². The van der Waals surface area contributed by atoms with Crippen molar-refractivity contribution in [3.05, 3.63) is 12.3 Å². The summed E-state index contributed by atoms with van der Waals surface area (Å²) in [5.74, 6) is 0. The second-order valence-corrected chi connectivity index (χ2v) is 4.26. The van der Waals surface area contributed by atoms with Crippen molar-refractivity contribution in [1.82, 2.24) is 0 Å². The maximum Gasteiger partial charge on any atom is 0.528 e. The Bertz CT molecular complexity index is 86.6. The second kappa shape index (κ2) is 6.09. The van der Waals surface area contributed by atoms with Crippen LogP contribution >= 0.6 is 0 Å². The van der Waals surface area contributed by atoms with Crippen LogP contribution in [0.4, 0.5) is 0 Å². The molecule has 10 heavy (non-hydrogen) atoms. The minimum Gasteiger partial charge on any atom is -0.374 e. The maximum atomic E-state index is 4.96. The predicted octanol–water partition coefficient (Wildman–Crippen LogP) is 0.587. The Kier molecular flexibility index (Phi) is 7.91. The van der Waals surface area contributed by atoms with E-state index in [2.05, 4.69) is 6.58 Å². The van der Waals surface area contributed by atoms with Crippen LogP contribution in [0.15, 0.2) is 12.3 Å². The Labute approximate surface area is 73.2 Å². The van der Waals surface area contributed by atoms with Crippen LogP contribution in [0.3, 0.4) is 0 Å². The van der Waals surface area contributed by atoms with E-state index in [0.29, 0.717) is 0 Å².